The predicted octanol–water partition coefficient (Wildman–Crippen LogP) is 4.35. The number of rotatable bonds is 5. The number of anilines is 2. The fraction of sp³-hybridized carbons (Fsp3) is 0.240. The van der Waals surface area contributed by atoms with Crippen LogP contribution < -0.4 is 14.4 Å². The highest BCUT2D eigenvalue weighted by Crippen LogP contribution is 2.36. The summed E-state index contributed by atoms with van der Waals surface area (Å²) in [5, 5.41) is 2.94. The van der Waals surface area contributed by atoms with Crippen molar-refractivity contribution < 1.29 is 17.9 Å². The predicted molar refractivity (Wildman–Crippen MR) is 127 cm³/mol. The summed E-state index contributed by atoms with van der Waals surface area (Å²) >= 11 is 0. The van der Waals surface area contributed by atoms with Crippen LogP contribution in [-0.4, -0.2) is 27.0 Å². The van der Waals surface area contributed by atoms with E-state index in [1.54, 1.807) is 48.5 Å². The van der Waals surface area contributed by atoms with E-state index in [2.05, 4.69) is 5.32 Å². The SMILES string of the molecule is Cc1cc(C)c(NC(=O)[C@@H]2CN(S(=O)(=O)Cc3ccccc3)c3ccccc3O2)c(C)c1. The normalized spacial score (nSPS) is 15.6. The molecule has 1 heterocycles. The van der Waals surface area contributed by atoms with Gasteiger partial charge in [0.15, 0.2) is 6.10 Å². The largest absolute Gasteiger partial charge is 0.476 e. The van der Waals surface area contributed by atoms with Gasteiger partial charge in [0.2, 0.25) is 10.0 Å². The summed E-state index contributed by atoms with van der Waals surface area (Å²) in [6.07, 6.45) is -0.976. The number of aryl methyl sites for hydroxylation is 3. The summed E-state index contributed by atoms with van der Waals surface area (Å²) in [7, 11) is -3.74. The van der Waals surface area contributed by atoms with Gasteiger partial charge in [-0.25, -0.2) is 8.42 Å². The highest BCUT2D eigenvalue weighted by Gasteiger charge is 2.36. The molecule has 1 atom stereocenters. The minimum absolute atomic E-state index is 0.0953. The van der Waals surface area contributed by atoms with Crippen LogP contribution in [0.15, 0.2) is 66.7 Å². The maximum atomic E-state index is 13.3. The van der Waals surface area contributed by atoms with Crippen LogP contribution in [0, 0.1) is 20.8 Å². The number of amides is 1. The number of fused-ring (bicyclic) bond motifs is 1. The van der Waals surface area contributed by atoms with Crippen LogP contribution in [-0.2, 0) is 20.6 Å². The van der Waals surface area contributed by atoms with Crippen molar-refractivity contribution in [1.29, 1.82) is 0 Å². The van der Waals surface area contributed by atoms with E-state index in [9.17, 15) is 13.2 Å². The van der Waals surface area contributed by atoms with E-state index in [4.69, 9.17) is 4.74 Å². The fourth-order valence-corrected chi connectivity index (χ4v) is 5.63. The van der Waals surface area contributed by atoms with Crippen LogP contribution in [0.25, 0.3) is 0 Å². The molecule has 1 aliphatic heterocycles. The Morgan fingerprint density at radius 3 is 2.31 bits per heavy atom. The minimum Gasteiger partial charge on any atom is -0.476 e. The van der Waals surface area contributed by atoms with Crippen LogP contribution in [0.1, 0.15) is 22.3 Å². The molecule has 1 aliphatic rings. The Balaban J connectivity index is 1.63. The molecule has 0 fully saturated rings. The summed E-state index contributed by atoms with van der Waals surface area (Å²) in [5.74, 6) is -0.172. The maximum Gasteiger partial charge on any atom is 0.267 e. The third-order valence-corrected chi connectivity index (χ3v) is 7.20. The zero-order valence-electron chi connectivity index (χ0n) is 18.3. The Morgan fingerprint density at radius 1 is 1.00 bits per heavy atom. The first-order valence-electron chi connectivity index (χ1n) is 10.4. The molecule has 0 saturated heterocycles. The molecule has 0 aliphatic carbocycles. The quantitative estimate of drug-likeness (QED) is 0.627. The van der Waals surface area contributed by atoms with Crippen molar-refractivity contribution in [2.24, 2.45) is 0 Å². The van der Waals surface area contributed by atoms with Gasteiger partial charge in [0.25, 0.3) is 5.91 Å². The maximum absolute atomic E-state index is 13.3. The molecular weight excluding hydrogens is 424 g/mol. The molecule has 0 unspecified atom stereocenters. The Labute approximate surface area is 188 Å². The molecule has 3 aromatic rings. The van der Waals surface area contributed by atoms with Crippen molar-refractivity contribution in [3.05, 3.63) is 89.0 Å². The topological polar surface area (TPSA) is 75.7 Å². The van der Waals surface area contributed by atoms with Crippen LogP contribution in [0.3, 0.4) is 0 Å². The molecule has 1 amide bonds. The Hall–Kier alpha value is -3.32. The molecule has 0 bridgehead atoms. The first-order chi connectivity index (χ1) is 15.2. The number of carbonyl (C=O) groups excluding carboxylic acids is 1. The van der Waals surface area contributed by atoms with E-state index < -0.39 is 16.1 Å². The van der Waals surface area contributed by atoms with E-state index in [-0.39, 0.29) is 18.2 Å². The third-order valence-electron chi connectivity index (χ3n) is 5.48. The first-order valence-corrected chi connectivity index (χ1v) is 12.0. The molecule has 1 N–H and O–H groups in total. The second-order valence-corrected chi connectivity index (χ2v) is 10.0. The van der Waals surface area contributed by atoms with E-state index in [1.807, 2.05) is 39.0 Å². The number of carbonyl (C=O) groups is 1. The lowest BCUT2D eigenvalue weighted by Gasteiger charge is -2.35. The Kier molecular flexibility index (Phi) is 5.93. The number of ether oxygens (including phenoxy) is 1. The van der Waals surface area contributed by atoms with Crippen molar-refractivity contribution in [3.63, 3.8) is 0 Å². The number of sulfonamides is 1. The molecule has 7 heteroatoms. The number of hydrogen-bond acceptors (Lipinski definition) is 4. The van der Waals surface area contributed by atoms with Crippen LogP contribution in [0.2, 0.25) is 0 Å². The van der Waals surface area contributed by atoms with Crippen molar-refractivity contribution in [1.82, 2.24) is 0 Å². The fourth-order valence-electron chi connectivity index (χ4n) is 4.05. The molecule has 6 nitrogen and oxygen atoms in total. The van der Waals surface area contributed by atoms with E-state index in [1.165, 1.54) is 4.31 Å². The van der Waals surface area contributed by atoms with E-state index in [0.717, 1.165) is 22.4 Å². The zero-order valence-corrected chi connectivity index (χ0v) is 19.1. The average Bonchev–Trinajstić information content (AvgIpc) is 2.75. The average molecular weight is 451 g/mol. The number of benzene rings is 3. The van der Waals surface area contributed by atoms with Crippen molar-refractivity contribution in [2.75, 3.05) is 16.2 Å². The van der Waals surface area contributed by atoms with Crippen molar-refractivity contribution >= 4 is 27.3 Å². The van der Waals surface area contributed by atoms with Gasteiger partial charge in [-0.2, -0.15) is 0 Å². The highest BCUT2D eigenvalue weighted by molar-refractivity contribution is 7.92. The Morgan fingerprint density at radius 2 is 1.62 bits per heavy atom. The van der Waals surface area contributed by atoms with Gasteiger partial charge in [0.05, 0.1) is 18.0 Å². The molecule has 0 spiro atoms. The number of nitrogens with one attached hydrogen (secondary N) is 1. The zero-order chi connectivity index (χ0) is 22.9. The summed E-state index contributed by atoms with van der Waals surface area (Å²) in [5.41, 5.74) is 4.85. The van der Waals surface area contributed by atoms with Crippen LogP contribution >= 0.6 is 0 Å². The van der Waals surface area contributed by atoms with Crippen molar-refractivity contribution in [2.45, 2.75) is 32.6 Å². The summed E-state index contributed by atoms with van der Waals surface area (Å²) < 4.78 is 33.9. The highest BCUT2D eigenvalue weighted by atomic mass is 32.2. The molecule has 0 saturated carbocycles. The van der Waals surface area contributed by atoms with Crippen molar-refractivity contribution in [3.8, 4) is 5.75 Å². The minimum atomic E-state index is -3.74. The lowest BCUT2D eigenvalue weighted by atomic mass is 10.0. The van der Waals surface area contributed by atoms with Gasteiger partial charge in [-0.3, -0.25) is 9.10 Å². The van der Waals surface area contributed by atoms with Gasteiger partial charge in [0, 0.05) is 5.69 Å². The second-order valence-electron chi connectivity index (χ2n) is 8.11. The number of para-hydroxylation sites is 2. The molecule has 166 valence electrons. The Bertz CT molecular complexity index is 1230. The second kappa shape index (κ2) is 8.67. The third kappa shape index (κ3) is 4.48. The summed E-state index contributed by atoms with van der Waals surface area (Å²) in [4.78, 5) is 13.1. The lowest BCUT2D eigenvalue weighted by molar-refractivity contribution is -0.122. The van der Waals surface area contributed by atoms with Gasteiger partial charge in [0.1, 0.15) is 5.75 Å². The summed E-state index contributed by atoms with van der Waals surface area (Å²) in [6.45, 7) is 5.77. The van der Waals surface area contributed by atoms with Gasteiger partial charge < -0.3 is 10.1 Å². The molecule has 0 radical (unpaired) electrons. The molecule has 4 rings (SSSR count). The molecule has 3 aromatic carbocycles. The number of hydrogen-bond donors (Lipinski definition) is 1. The van der Waals surface area contributed by atoms with Gasteiger partial charge in [-0.1, -0.05) is 60.2 Å². The van der Waals surface area contributed by atoms with Crippen LogP contribution in [0.4, 0.5) is 11.4 Å². The van der Waals surface area contributed by atoms with E-state index >= 15 is 0 Å². The summed E-state index contributed by atoms with van der Waals surface area (Å²) in [6, 6.07) is 19.9. The monoisotopic (exact) mass is 450 g/mol. The molecule has 32 heavy (non-hydrogen) atoms. The van der Waals surface area contributed by atoms with Crippen LogP contribution in [0.5, 0.6) is 5.75 Å². The smallest absolute Gasteiger partial charge is 0.267 e. The molecular formula is C25H26N2O4S. The van der Waals surface area contributed by atoms with Gasteiger partial charge >= 0.3 is 0 Å². The molecule has 0 aromatic heterocycles. The van der Waals surface area contributed by atoms with Gasteiger partial charge in [-0.15, -0.1) is 0 Å². The lowest BCUT2D eigenvalue weighted by Crippen LogP contribution is -2.49. The number of nitrogens with zero attached hydrogens (tertiary/aromatic N) is 1. The van der Waals surface area contributed by atoms with E-state index in [0.29, 0.717) is 17.0 Å². The van der Waals surface area contributed by atoms with Gasteiger partial charge in [-0.05, 0) is 49.6 Å². The standard InChI is InChI=1S/C25H26N2O4S/c1-17-13-18(2)24(19(3)14-17)26-25(28)23-15-27(21-11-7-8-12-22(21)31-23)32(29,30)16-20-9-5-4-6-10-20/h4-14,23H,15-16H2,1-3H3,(H,26,28)/t23-/m0/s1. The first kappa shape index (κ1) is 21.9.